The minimum atomic E-state index is -1.74. The predicted molar refractivity (Wildman–Crippen MR) is 285 cm³/mol. The Kier molecular flexibility index (Phi) is 37.8. The van der Waals surface area contributed by atoms with Crippen LogP contribution in [0.5, 0.6) is 0 Å². The molecular formula is C51H86N12O16. The standard InChI is InChI=1S/C51H86N12O16/c1-30(2)35(27-43(68)38(15-18-45(70)71)61-50(78)33(26-46(72)73)23-34(64)29-58-63-57)51(79)62-39(28-47(74)75)40(65)16-17-44(69)59-36(13-5-9-21-54)42(67)25-32(12-4-8-20-53)49(77)60-37(14-6-10-22-55)41(66)24-31(48(56)76)11-3-7-19-52/h30-33,35-39H,3-29,52-55H2,1-2H3,(H2,56,76)(H,59,69)(H,60,77)(H,61,78)(H,62,79)(H,70,71)(H,72,73)(H,74,75)/t31-,32-,33+,35+,36+,37+,38+,39+/m1/s1. The molecule has 0 bridgehead atoms. The Morgan fingerprint density at radius 1 is 0.456 bits per heavy atom. The monoisotopic (exact) mass is 1120 g/mol. The van der Waals surface area contributed by atoms with Crippen LogP contribution in [0.15, 0.2) is 5.11 Å². The van der Waals surface area contributed by atoms with Gasteiger partial charge < -0.3 is 65.3 Å². The smallest absolute Gasteiger partial charge is 0.305 e. The molecular weight excluding hydrogens is 1040 g/mol. The maximum atomic E-state index is 14.1. The molecule has 0 aliphatic rings. The highest BCUT2D eigenvalue weighted by Crippen LogP contribution is 2.23. The number of primary amides is 1. The van der Waals surface area contributed by atoms with Gasteiger partial charge in [-0.1, -0.05) is 31.8 Å². The summed E-state index contributed by atoms with van der Waals surface area (Å²) in [5.74, 6) is -17.5. The highest BCUT2D eigenvalue weighted by molar-refractivity contribution is 5.99. The van der Waals surface area contributed by atoms with E-state index in [1.807, 2.05) is 0 Å². The van der Waals surface area contributed by atoms with E-state index in [-0.39, 0.29) is 38.6 Å². The van der Waals surface area contributed by atoms with Crippen LogP contribution in [-0.2, 0) is 62.3 Å². The van der Waals surface area contributed by atoms with Crippen LogP contribution in [0.25, 0.3) is 10.4 Å². The SMILES string of the molecule is CC(C)[C@H](CC(=O)[C@H](CCC(=O)O)NC(=O)[C@H](CC(=O)O)CC(=O)CN=[N+]=[N-])C(=O)N[C@@H](CC(=O)O)C(=O)CCC(=O)N[C@@H](CCCCN)C(=O)C[C@@H](CCCCN)C(=O)N[C@@H](CCCCN)C(=O)C[C@@H](CCCCN)C(N)=O. The third-order valence-electron chi connectivity index (χ3n) is 13.2. The van der Waals surface area contributed by atoms with Gasteiger partial charge in [0.15, 0.2) is 23.1 Å². The number of carbonyl (C=O) groups is 13. The quantitative estimate of drug-likeness (QED) is 0.0169. The molecule has 0 radical (unpaired) electrons. The first-order chi connectivity index (χ1) is 37.3. The number of nitrogens with two attached hydrogens (primary N) is 5. The average molecular weight is 1120 g/mol. The Labute approximate surface area is 460 Å². The molecule has 446 valence electrons. The van der Waals surface area contributed by atoms with Gasteiger partial charge in [0.25, 0.3) is 0 Å². The second-order valence-corrected chi connectivity index (χ2v) is 20.0. The topological polar surface area (TPSA) is 510 Å². The van der Waals surface area contributed by atoms with Gasteiger partial charge in [0.1, 0.15) is 5.78 Å². The van der Waals surface area contributed by atoms with Gasteiger partial charge in [-0.2, -0.15) is 0 Å². The molecule has 28 heteroatoms. The van der Waals surface area contributed by atoms with E-state index in [1.165, 1.54) is 13.8 Å². The summed E-state index contributed by atoms with van der Waals surface area (Å²) in [6, 6.07) is -5.56. The van der Waals surface area contributed by atoms with Crippen LogP contribution in [0.2, 0.25) is 0 Å². The third-order valence-corrected chi connectivity index (χ3v) is 13.2. The summed E-state index contributed by atoms with van der Waals surface area (Å²) in [6.07, 6.45) is -1.52. The first kappa shape index (κ1) is 72.3. The van der Waals surface area contributed by atoms with E-state index in [0.29, 0.717) is 77.4 Å². The molecule has 0 fully saturated rings. The van der Waals surface area contributed by atoms with Gasteiger partial charge >= 0.3 is 17.9 Å². The summed E-state index contributed by atoms with van der Waals surface area (Å²) >= 11 is 0. The van der Waals surface area contributed by atoms with Crippen LogP contribution in [0.1, 0.15) is 155 Å². The second kappa shape index (κ2) is 41.3. The zero-order chi connectivity index (χ0) is 60.0. The van der Waals surface area contributed by atoms with Crippen molar-refractivity contribution in [2.24, 2.45) is 63.4 Å². The molecule has 0 heterocycles. The molecule has 0 aromatic heterocycles. The van der Waals surface area contributed by atoms with Crippen molar-refractivity contribution in [2.75, 3.05) is 32.7 Å². The van der Waals surface area contributed by atoms with Crippen LogP contribution in [0.4, 0.5) is 0 Å². The van der Waals surface area contributed by atoms with Crippen molar-refractivity contribution in [3.05, 3.63) is 10.4 Å². The normalized spacial score (nSPS) is 14.1. The summed E-state index contributed by atoms with van der Waals surface area (Å²) in [5.41, 5.74) is 36.9. The molecule has 0 saturated heterocycles. The first-order valence-corrected chi connectivity index (χ1v) is 26.9. The van der Waals surface area contributed by atoms with E-state index >= 15 is 0 Å². The van der Waals surface area contributed by atoms with Gasteiger partial charge in [-0.3, -0.25) is 62.3 Å². The van der Waals surface area contributed by atoms with Gasteiger partial charge in [-0.05, 0) is 108 Å². The maximum Gasteiger partial charge on any atom is 0.305 e. The minimum absolute atomic E-state index is 0.0844. The summed E-state index contributed by atoms with van der Waals surface area (Å²) in [5, 5.41) is 41.6. The Balaban J connectivity index is 6.44. The average Bonchev–Trinajstić information content (AvgIpc) is 3.37. The molecule has 0 unspecified atom stereocenters. The van der Waals surface area contributed by atoms with Crippen molar-refractivity contribution in [3.63, 3.8) is 0 Å². The molecule has 0 rings (SSSR count). The van der Waals surface area contributed by atoms with Crippen molar-refractivity contribution in [1.82, 2.24) is 21.3 Å². The number of aliphatic carboxylic acids is 3. The van der Waals surface area contributed by atoms with Crippen molar-refractivity contribution in [3.8, 4) is 0 Å². The molecule has 8 atom stereocenters. The number of Topliss-reactive ketones (excluding diaryl/α,β-unsaturated/α-hetero) is 5. The molecule has 17 N–H and O–H groups in total. The van der Waals surface area contributed by atoms with Crippen molar-refractivity contribution < 1.29 is 77.6 Å². The van der Waals surface area contributed by atoms with Crippen LogP contribution in [0.3, 0.4) is 0 Å². The number of hydrogen-bond acceptors (Lipinski definition) is 18. The number of carboxylic acid groups (broad SMARTS) is 3. The number of carbonyl (C=O) groups excluding carboxylic acids is 10. The Morgan fingerprint density at radius 2 is 0.899 bits per heavy atom. The van der Waals surface area contributed by atoms with E-state index in [0.717, 1.165) is 0 Å². The van der Waals surface area contributed by atoms with Crippen LogP contribution >= 0.6 is 0 Å². The number of carboxylic acids is 3. The Bertz CT molecular complexity index is 2100. The highest BCUT2D eigenvalue weighted by Gasteiger charge is 2.36. The summed E-state index contributed by atoms with van der Waals surface area (Å²) in [7, 11) is 0. The molecule has 0 saturated carbocycles. The number of ketones is 5. The molecule has 0 aliphatic heterocycles. The lowest BCUT2D eigenvalue weighted by atomic mass is 9.86. The number of nitrogens with one attached hydrogen (secondary N) is 4. The number of nitrogens with zero attached hydrogens (tertiary/aromatic N) is 3. The molecule has 0 aliphatic carbocycles. The molecule has 0 aromatic carbocycles. The molecule has 0 aromatic rings. The van der Waals surface area contributed by atoms with E-state index in [2.05, 4.69) is 31.3 Å². The zero-order valence-corrected chi connectivity index (χ0v) is 45.7. The lowest BCUT2D eigenvalue weighted by Gasteiger charge is -2.26. The van der Waals surface area contributed by atoms with Crippen molar-refractivity contribution >= 4 is 76.4 Å². The predicted octanol–water partition coefficient (Wildman–Crippen LogP) is 0.358. The fourth-order valence-corrected chi connectivity index (χ4v) is 8.57. The zero-order valence-electron chi connectivity index (χ0n) is 45.7. The van der Waals surface area contributed by atoms with Crippen molar-refractivity contribution in [2.45, 2.75) is 179 Å². The van der Waals surface area contributed by atoms with E-state index in [9.17, 15) is 77.6 Å². The van der Waals surface area contributed by atoms with Crippen LogP contribution in [-0.4, -0.2) is 149 Å². The number of amides is 5. The number of azide groups is 1. The third kappa shape index (κ3) is 32.1. The molecule has 28 nitrogen and oxygen atoms in total. The van der Waals surface area contributed by atoms with E-state index < -0.39 is 188 Å². The lowest BCUT2D eigenvalue weighted by molar-refractivity contribution is -0.143. The van der Waals surface area contributed by atoms with Gasteiger partial charge in [0, 0.05) is 67.6 Å². The maximum absolute atomic E-state index is 14.1. The lowest BCUT2D eigenvalue weighted by Crippen LogP contribution is -2.49. The van der Waals surface area contributed by atoms with Gasteiger partial charge in [-0.15, -0.1) is 0 Å². The summed E-state index contributed by atoms with van der Waals surface area (Å²) in [4.78, 5) is 172. The molecule has 79 heavy (non-hydrogen) atoms. The Hall–Kier alpha value is -6.74. The second-order valence-electron chi connectivity index (χ2n) is 20.0. The fraction of sp³-hybridized carbons (Fsp3) is 0.745. The van der Waals surface area contributed by atoms with Crippen molar-refractivity contribution in [1.29, 1.82) is 0 Å². The molecule has 5 amide bonds. The minimum Gasteiger partial charge on any atom is -0.481 e. The van der Waals surface area contributed by atoms with Gasteiger partial charge in [0.05, 0.1) is 49.5 Å². The van der Waals surface area contributed by atoms with E-state index in [1.54, 1.807) is 0 Å². The number of hydrogen-bond donors (Lipinski definition) is 12. The Morgan fingerprint density at radius 3 is 1.37 bits per heavy atom. The number of unbranched alkanes of at least 4 members (excludes halogenated alkanes) is 4. The fourth-order valence-electron chi connectivity index (χ4n) is 8.57. The first-order valence-electron chi connectivity index (χ1n) is 26.9. The largest absolute Gasteiger partial charge is 0.481 e. The molecule has 0 spiro atoms. The van der Waals surface area contributed by atoms with Crippen LogP contribution < -0.4 is 49.9 Å². The van der Waals surface area contributed by atoms with Gasteiger partial charge in [-0.25, -0.2) is 0 Å². The van der Waals surface area contributed by atoms with Gasteiger partial charge in [0.2, 0.25) is 29.5 Å². The number of rotatable bonds is 49. The highest BCUT2D eigenvalue weighted by atomic mass is 16.4. The van der Waals surface area contributed by atoms with E-state index in [4.69, 9.17) is 34.2 Å². The summed E-state index contributed by atoms with van der Waals surface area (Å²) < 4.78 is 0. The van der Waals surface area contributed by atoms with Crippen LogP contribution in [0, 0.1) is 29.6 Å². The summed E-state index contributed by atoms with van der Waals surface area (Å²) in [6.45, 7) is 3.58.